The van der Waals surface area contributed by atoms with Gasteiger partial charge in [0.25, 0.3) is 5.56 Å². The van der Waals surface area contributed by atoms with E-state index >= 15 is 0 Å². The second-order valence-corrected chi connectivity index (χ2v) is 5.54. The number of carbonyl (C=O) groups is 2. The van der Waals surface area contributed by atoms with Gasteiger partial charge in [-0.1, -0.05) is 11.6 Å². The third-order valence-electron chi connectivity index (χ3n) is 3.76. The van der Waals surface area contributed by atoms with Crippen molar-refractivity contribution < 1.29 is 14.7 Å². The van der Waals surface area contributed by atoms with Crippen LogP contribution in [0.5, 0.6) is 0 Å². The number of nitrogens with zero attached hydrogens (tertiary/aromatic N) is 2. The van der Waals surface area contributed by atoms with Crippen molar-refractivity contribution in [1.29, 1.82) is 0 Å². The Labute approximate surface area is 133 Å². The topological polar surface area (TPSA) is 89.3 Å². The van der Waals surface area contributed by atoms with Gasteiger partial charge in [-0.05, 0) is 36.4 Å². The molecule has 0 radical (unpaired) electrons. The van der Waals surface area contributed by atoms with Crippen LogP contribution in [0.2, 0.25) is 5.02 Å². The van der Waals surface area contributed by atoms with Gasteiger partial charge in [0, 0.05) is 5.02 Å². The number of halogens is 1. The van der Waals surface area contributed by atoms with Gasteiger partial charge in [-0.3, -0.25) is 14.2 Å². The van der Waals surface area contributed by atoms with Crippen LogP contribution in [0.3, 0.4) is 0 Å². The number of carboxylic acid groups (broad SMARTS) is 1. The highest BCUT2D eigenvalue weighted by Gasteiger charge is 2.31. The molecule has 7 heteroatoms. The molecule has 4 rings (SSSR count). The number of aromatic nitrogens is 2. The van der Waals surface area contributed by atoms with E-state index in [0.29, 0.717) is 21.6 Å². The van der Waals surface area contributed by atoms with E-state index in [4.69, 9.17) is 16.7 Å². The lowest BCUT2D eigenvalue weighted by Crippen LogP contribution is -2.21. The minimum Gasteiger partial charge on any atom is -0.478 e. The molecule has 3 aromatic rings. The number of hydrogen-bond acceptors (Lipinski definition) is 4. The maximum Gasteiger partial charge on any atom is 0.335 e. The largest absolute Gasteiger partial charge is 0.478 e. The molecule has 1 aliphatic heterocycles. The lowest BCUT2D eigenvalue weighted by molar-refractivity contribution is 0.0697. The van der Waals surface area contributed by atoms with Crippen molar-refractivity contribution in [2.75, 3.05) is 0 Å². The monoisotopic (exact) mass is 326 g/mol. The fourth-order valence-corrected chi connectivity index (χ4v) is 2.87. The normalized spacial score (nSPS) is 12.3. The summed E-state index contributed by atoms with van der Waals surface area (Å²) in [5.74, 6) is -1.67. The Morgan fingerprint density at radius 3 is 2.65 bits per heavy atom. The SMILES string of the molecule is O=C(O)c1ccc2c(c1)C(=O)c1nc3cc(Cl)ccc3c(=O)n1-2. The van der Waals surface area contributed by atoms with E-state index in [1.807, 2.05) is 0 Å². The molecule has 0 atom stereocenters. The number of aromatic carboxylic acids is 1. The van der Waals surface area contributed by atoms with Gasteiger partial charge in [0.05, 0.1) is 27.7 Å². The first-order chi connectivity index (χ1) is 11.0. The van der Waals surface area contributed by atoms with E-state index in [-0.39, 0.29) is 17.0 Å². The summed E-state index contributed by atoms with van der Waals surface area (Å²) in [6, 6.07) is 8.68. The Hall–Kier alpha value is -2.99. The highest BCUT2D eigenvalue weighted by Crippen LogP contribution is 2.27. The average Bonchev–Trinajstić information content (AvgIpc) is 2.80. The van der Waals surface area contributed by atoms with Crippen LogP contribution >= 0.6 is 11.6 Å². The van der Waals surface area contributed by atoms with Gasteiger partial charge in [-0.15, -0.1) is 0 Å². The fraction of sp³-hybridized carbons (Fsp3) is 0. The number of ketones is 1. The maximum absolute atomic E-state index is 12.7. The smallest absolute Gasteiger partial charge is 0.335 e. The minimum absolute atomic E-state index is 0.0226. The molecule has 0 saturated heterocycles. The Balaban J connectivity index is 2.09. The molecule has 1 N–H and O–H groups in total. The van der Waals surface area contributed by atoms with Crippen molar-refractivity contribution in [2.24, 2.45) is 0 Å². The maximum atomic E-state index is 12.7. The molecule has 0 aliphatic carbocycles. The molecule has 6 nitrogen and oxygen atoms in total. The second-order valence-electron chi connectivity index (χ2n) is 5.10. The van der Waals surface area contributed by atoms with Gasteiger partial charge in [0.1, 0.15) is 0 Å². The highest BCUT2D eigenvalue weighted by molar-refractivity contribution is 6.31. The van der Waals surface area contributed by atoms with Gasteiger partial charge in [-0.2, -0.15) is 0 Å². The summed E-state index contributed by atoms with van der Waals surface area (Å²) in [6.45, 7) is 0. The van der Waals surface area contributed by atoms with Gasteiger partial charge in [0.2, 0.25) is 5.78 Å². The van der Waals surface area contributed by atoms with E-state index < -0.39 is 17.3 Å². The predicted octanol–water partition coefficient (Wildman–Crippen LogP) is 2.28. The summed E-state index contributed by atoms with van der Waals surface area (Å²) >= 11 is 5.90. The molecule has 1 aliphatic rings. The lowest BCUT2D eigenvalue weighted by atomic mass is 10.1. The van der Waals surface area contributed by atoms with Gasteiger partial charge in [0.15, 0.2) is 5.82 Å². The molecule has 1 aromatic heterocycles. The molecule has 0 spiro atoms. The molecule has 0 fully saturated rings. The van der Waals surface area contributed by atoms with Gasteiger partial charge < -0.3 is 5.11 Å². The zero-order valence-corrected chi connectivity index (χ0v) is 12.2. The van der Waals surface area contributed by atoms with E-state index in [0.717, 1.165) is 0 Å². The molecular weight excluding hydrogens is 320 g/mol. The summed E-state index contributed by atoms with van der Waals surface area (Å²) in [5, 5.41) is 9.79. The summed E-state index contributed by atoms with van der Waals surface area (Å²) < 4.78 is 1.21. The quantitative estimate of drug-likeness (QED) is 0.579. The van der Waals surface area contributed by atoms with Crippen molar-refractivity contribution in [1.82, 2.24) is 9.55 Å². The zero-order chi connectivity index (χ0) is 16.3. The first-order valence-corrected chi connectivity index (χ1v) is 7.00. The number of carboxylic acids is 1. The second kappa shape index (κ2) is 4.50. The zero-order valence-electron chi connectivity index (χ0n) is 11.4. The third kappa shape index (κ3) is 1.82. The number of benzene rings is 2. The molecule has 112 valence electrons. The Morgan fingerprint density at radius 2 is 1.91 bits per heavy atom. The lowest BCUT2D eigenvalue weighted by Gasteiger charge is -2.05. The van der Waals surface area contributed by atoms with Crippen molar-refractivity contribution in [3.8, 4) is 5.69 Å². The number of hydrogen-bond donors (Lipinski definition) is 1. The van der Waals surface area contributed by atoms with Crippen molar-refractivity contribution in [2.45, 2.75) is 0 Å². The van der Waals surface area contributed by atoms with Crippen LogP contribution in [0.15, 0.2) is 41.2 Å². The molecule has 0 saturated carbocycles. The van der Waals surface area contributed by atoms with E-state index in [1.54, 1.807) is 12.1 Å². The summed E-state index contributed by atoms with van der Waals surface area (Å²) in [6.07, 6.45) is 0. The third-order valence-corrected chi connectivity index (χ3v) is 4.00. The first kappa shape index (κ1) is 13.7. The summed E-state index contributed by atoms with van der Waals surface area (Å²) in [7, 11) is 0. The standard InChI is InChI=1S/C16H7ClN2O4/c17-8-2-3-9-11(6-8)18-14-13(20)10-5-7(16(22)23)1-4-12(10)19(14)15(9)21/h1-6H,(H,22,23). The highest BCUT2D eigenvalue weighted by atomic mass is 35.5. The van der Waals surface area contributed by atoms with Crippen LogP contribution in [0.25, 0.3) is 16.6 Å². The number of fused-ring (bicyclic) bond motifs is 4. The minimum atomic E-state index is -1.14. The van der Waals surface area contributed by atoms with Crippen LogP contribution in [-0.4, -0.2) is 26.4 Å². The molecule has 0 amide bonds. The summed E-state index contributed by atoms with van der Waals surface area (Å²) in [4.78, 5) is 40.5. The molecule has 0 bridgehead atoms. The Kier molecular flexibility index (Phi) is 2.67. The predicted molar refractivity (Wildman–Crippen MR) is 82.7 cm³/mol. The van der Waals surface area contributed by atoms with E-state index in [1.165, 1.54) is 28.8 Å². The summed E-state index contributed by atoms with van der Waals surface area (Å²) in [5.41, 5.74) is 0.399. The Morgan fingerprint density at radius 1 is 1.13 bits per heavy atom. The van der Waals surface area contributed by atoms with Gasteiger partial charge >= 0.3 is 5.97 Å². The molecular formula is C16H7ClN2O4. The van der Waals surface area contributed by atoms with Crippen LogP contribution in [0.4, 0.5) is 0 Å². The average molecular weight is 327 g/mol. The number of rotatable bonds is 1. The van der Waals surface area contributed by atoms with Crippen LogP contribution in [0, 0.1) is 0 Å². The van der Waals surface area contributed by atoms with Crippen LogP contribution in [-0.2, 0) is 0 Å². The van der Waals surface area contributed by atoms with E-state index in [9.17, 15) is 14.4 Å². The van der Waals surface area contributed by atoms with Crippen molar-refractivity contribution in [3.63, 3.8) is 0 Å². The molecule has 0 unspecified atom stereocenters. The fourth-order valence-electron chi connectivity index (χ4n) is 2.70. The molecule has 2 heterocycles. The van der Waals surface area contributed by atoms with Crippen LogP contribution < -0.4 is 5.56 Å². The van der Waals surface area contributed by atoms with Crippen LogP contribution in [0.1, 0.15) is 26.5 Å². The van der Waals surface area contributed by atoms with E-state index in [2.05, 4.69) is 4.98 Å². The molecule has 2 aromatic carbocycles. The molecule has 23 heavy (non-hydrogen) atoms. The van der Waals surface area contributed by atoms with Crippen molar-refractivity contribution >= 4 is 34.3 Å². The van der Waals surface area contributed by atoms with Gasteiger partial charge in [-0.25, -0.2) is 9.78 Å². The first-order valence-electron chi connectivity index (χ1n) is 6.62. The Bertz CT molecular complexity index is 1100. The van der Waals surface area contributed by atoms with Crippen molar-refractivity contribution in [3.05, 3.63) is 68.7 Å². The number of carbonyl (C=O) groups excluding carboxylic acids is 1.